The molecular weight excluding hydrogens is 470 g/mol. The molecule has 5 rings (SSSR count). The SMILES string of the molecule is Cc1cccc(CSC2=NNC3N(CCC(C)C)C(=O)C4CCC(C(=O)NC5CCCC5)CC4N23)c1. The molecule has 2 aliphatic carbocycles. The van der Waals surface area contributed by atoms with E-state index >= 15 is 0 Å². The van der Waals surface area contributed by atoms with E-state index in [1.165, 1.54) is 24.0 Å². The lowest BCUT2D eigenvalue weighted by Gasteiger charge is -2.51. The van der Waals surface area contributed by atoms with Crippen LogP contribution in [-0.2, 0) is 15.3 Å². The van der Waals surface area contributed by atoms with Crippen molar-refractivity contribution in [2.24, 2.45) is 22.9 Å². The maximum absolute atomic E-state index is 13.7. The van der Waals surface area contributed by atoms with Crippen LogP contribution in [0.2, 0.25) is 0 Å². The monoisotopic (exact) mass is 511 g/mol. The zero-order valence-electron chi connectivity index (χ0n) is 21.9. The predicted octanol–water partition coefficient (Wildman–Crippen LogP) is 4.42. The molecule has 0 radical (unpaired) electrons. The van der Waals surface area contributed by atoms with Crippen molar-refractivity contribution in [2.45, 2.75) is 96.3 Å². The largest absolute Gasteiger partial charge is 0.353 e. The Hall–Kier alpha value is -2.22. The molecule has 2 aliphatic heterocycles. The molecular formula is C28H41N5O2S. The van der Waals surface area contributed by atoms with Gasteiger partial charge < -0.3 is 15.1 Å². The summed E-state index contributed by atoms with van der Waals surface area (Å²) in [5.74, 6) is 1.65. The second kappa shape index (κ2) is 11.0. The Morgan fingerprint density at radius 2 is 2.03 bits per heavy atom. The molecule has 1 aromatic carbocycles. The lowest BCUT2D eigenvalue weighted by molar-refractivity contribution is -0.158. The lowest BCUT2D eigenvalue weighted by Crippen LogP contribution is -2.68. The first kappa shape index (κ1) is 25.4. The van der Waals surface area contributed by atoms with Crippen LogP contribution in [0, 0.1) is 24.7 Å². The number of thioether (sulfide) groups is 1. The highest BCUT2D eigenvalue weighted by molar-refractivity contribution is 8.13. The number of aryl methyl sites for hydroxylation is 1. The maximum atomic E-state index is 13.7. The number of hydrazone groups is 1. The summed E-state index contributed by atoms with van der Waals surface area (Å²) in [4.78, 5) is 31.2. The number of amidine groups is 1. The third kappa shape index (κ3) is 5.38. The molecule has 0 spiro atoms. The molecule has 8 heteroatoms. The molecule has 4 aliphatic rings. The van der Waals surface area contributed by atoms with Crippen molar-refractivity contribution in [3.8, 4) is 0 Å². The molecule has 1 saturated heterocycles. The summed E-state index contributed by atoms with van der Waals surface area (Å²) in [5, 5.41) is 8.99. The summed E-state index contributed by atoms with van der Waals surface area (Å²) in [6.45, 7) is 7.24. The van der Waals surface area contributed by atoms with Crippen LogP contribution in [-0.4, -0.2) is 51.7 Å². The van der Waals surface area contributed by atoms with Crippen LogP contribution in [0.1, 0.15) is 76.3 Å². The molecule has 196 valence electrons. The molecule has 3 fully saturated rings. The van der Waals surface area contributed by atoms with Crippen LogP contribution in [0.3, 0.4) is 0 Å². The number of amides is 2. The Balaban J connectivity index is 1.33. The van der Waals surface area contributed by atoms with E-state index in [1.807, 2.05) is 4.90 Å². The van der Waals surface area contributed by atoms with Crippen molar-refractivity contribution < 1.29 is 9.59 Å². The molecule has 0 bridgehead atoms. The topological polar surface area (TPSA) is 77.0 Å². The van der Waals surface area contributed by atoms with Gasteiger partial charge in [0, 0.05) is 30.3 Å². The van der Waals surface area contributed by atoms with Crippen molar-refractivity contribution in [1.29, 1.82) is 0 Å². The molecule has 4 unspecified atom stereocenters. The van der Waals surface area contributed by atoms with Gasteiger partial charge in [0.05, 0.1) is 5.92 Å². The van der Waals surface area contributed by atoms with E-state index < -0.39 is 0 Å². The van der Waals surface area contributed by atoms with Gasteiger partial charge in [0.25, 0.3) is 0 Å². The second-order valence-corrected chi connectivity index (χ2v) is 12.4. The highest BCUT2D eigenvalue weighted by atomic mass is 32.2. The quantitative estimate of drug-likeness (QED) is 0.567. The van der Waals surface area contributed by atoms with Crippen molar-refractivity contribution in [1.82, 2.24) is 20.5 Å². The smallest absolute Gasteiger partial charge is 0.230 e. The van der Waals surface area contributed by atoms with Gasteiger partial charge in [-0.15, -0.1) is 0 Å². The van der Waals surface area contributed by atoms with E-state index in [4.69, 9.17) is 5.10 Å². The van der Waals surface area contributed by atoms with Crippen LogP contribution in [0.15, 0.2) is 29.4 Å². The fraction of sp³-hybridized carbons (Fsp3) is 0.679. The van der Waals surface area contributed by atoms with Gasteiger partial charge in [0.15, 0.2) is 11.5 Å². The fourth-order valence-electron chi connectivity index (χ4n) is 6.27. The summed E-state index contributed by atoms with van der Waals surface area (Å²) in [7, 11) is 0. The molecule has 7 nitrogen and oxygen atoms in total. The number of fused-ring (bicyclic) bond motifs is 3. The molecule has 2 N–H and O–H groups in total. The molecule has 4 atom stereocenters. The first-order valence-electron chi connectivity index (χ1n) is 13.8. The lowest BCUT2D eigenvalue weighted by atomic mass is 9.75. The standard InChI is InChI=1S/C28H41N5O2S/c1-18(2)13-14-32-26(35)23-12-11-21(25(34)29-22-9-4-5-10-22)16-24(23)33-27(32)30-31-28(33)36-17-20-8-6-7-19(3)15-20/h6-8,15,18,21-24,27,30H,4-5,9-14,16-17H2,1-3H3,(H,29,34). The van der Waals surface area contributed by atoms with Crippen LogP contribution < -0.4 is 10.7 Å². The predicted molar refractivity (Wildman–Crippen MR) is 145 cm³/mol. The fourth-order valence-corrected chi connectivity index (χ4v) is 7.25. The molecule has 2 amide bonds. The van der Waals surface area contributed by atoms with Crippen molar-refractivity contribution in [3.63, 3.8) is 0 Å². The Morgan fingerprint density at radius 1 is 1.22 bits per heavy atom. The van der Waals surface area contributed by atoms with E-state index in [0.717, 1.165) is 56.0 Å². The minimum absolute atomic E-state index is 0.00429. The highest BCUT2D eigenvalue weighted by Crippen LogP contribution is 2.41. The third-order valence-electron chi connectivity index (χ3n) is 8.30. The highest BCUT2D eigenvalue weighted by Gasteiger charge is 2.53. The number of carbonyl (C=O) groups is 2. The van der Waals surface area contributed by atoms with Gasteiger partial charge >= 0.3 is 0 Å². The van der Waals surface area contributed by atoms with Gasteiger partial charge in [-0.25, -0.2) is 0 Å². The molecule has 2 heterocycles. The first-order chi connectivity index (χ1) is 17.4. The Morgan fingerprint density at radius 3 is 2.78 bits per heavy atom. The number of benzene rings is 1. The maximum Gasteiger partial charge on any atom is 0.230 e. The van der Waals surface area contributed by atoms with E-state index in [1.54, 1.807) is 11.8 Å². The summed E-state index contributed by atoms with van der Waals surface area (Å²) in [5.41, 5.74) is 5.82. The Bertz CT molecular complexity index is 992. The number of hydrogen-bond acceptors (Lipinski definition) is 6. The molecule has 36 heavy (non-hydrogen) atoms. The normalized spacial score (nSPS) is 28.1. The van der Waals surface area contributed by atoms with Gasteiger partial charge in [-0.05, 0) is 56.9 Å². The van der Waals surface area contributed by atoms with E-state index in [-0.39, 0.29) is 36.0 Å². The average molecular weight is 512 g/mol. The summed E-state index contributed by atoms with van der Waals surface area (Å²) in [6.07, 6.45) is 7.59. The second-order valence-electron chi connectivity index (χ2n) is 11.5. The third-order valence-corrected chi connectivity index (χ3v) is 9.34. The van der Waals surface area contributed by atoms with Crippen molar-refractivity contribution >= 4 is 28.7 Å². The Labute approximate surface area is 219 Å². The summed E-state index contributed by atoms with van der Waals surface area (Å²) < 4.78 is 0. The number of rotatable bonds is 7. The minimum atomic E-state index is -0.255. The van der Waals surface area contributed by atoms with Crippen LogP contribution >= 0.6 is 11.8 Å². The first-order valence-corrected chi connectivity index (χ1v) is 14.8. The summed E-state index contributed by atoms with van der Waals surface area (Å²) >= 11 is 1.73. The minimum Gasteiger partial charge on any atom is -0.353 e. The van der Waals surface area contributed by atoms with Crippen LogP contribution in [0.4, 0.5) is 0 Å². The van der Waals surface area contributed by atoms with E-state index in [9.17, 15) is 9.59 Å². The van der Waals surface area contributed by atoms with Gasteiger partial charge in [-0.3, -0.25) is 15.0 Å². The number of nitrogens with zero attached hydrogens (tertiary/aromatic N) is 3. The van der Waals surface area contributed by atoms with Crippen LogP contribution in [0.25, 0.3) is 0 Å². The van der Waals surface area contributed by atoms with Gasteiger partial charge in [0.1, 0.15) is 0 Å². The zero-order valence-corrected chi connectivity index (χ0v) is 22.7. The van der Waals surface area contributed by atoms with E-state index in [2.05, 4.69) is 60.7 Å². The molecule has 0 aromatic heterocycles. The molecule has 2 saturated carbocycles. The van der Waals surface area contributed by atoms with Crippen molar-refractivity contribution in [3.05, 3.63) is 35.4 Å². The van der Waals surface area contributed by atoms with Gasteiger partial charge in [0.2, 0.25) is 11.8 Å². The van der Waals surface area contributed by atoms with Crippen molar-refractivity contribution in [2.75, 3.05) is 6.54 Å². The zero-order chi connectivity index (χ0) is 25.2. The average Bonchev–Trinajstić information content (AvgIpc) is 3.52. The Kier molecular flexibility index (Phi) is 7.79. The summed E-state index contributed by atoms with van der Waals surface area (Å²) in [6, 6.07) is 8.92. The van der Waals surface area contributed by atoms with E-state index in [0.29, 0.717) is 12.0 Å². The number of hydrogen-bond donors (Lipinski definition) is 2. The van der Waals surface area contributed by atoms with Gasteiger partial charge in [-0.2, -0.15) is 5.10 Å². The molecule has 1 aromatic rings. The number of carbonyl (C=O) groups excluding carboxylic acids is 2. The van der Waals surface area contributed by atoms with Crippen LogP contribution in [0.5, 0.6) is 0 Å². The number of nitrogens with one attached hydrogen (secondary N) is 2. The van der Waals surface area contributed by atoms with Gasteiger partial charge in [-0.1, -0.05) is 68.3 Å².